The molecule has 152 valence electrons. The molecular weight excluding hydrogens is 400 g/mol. The number of halogens is 1. The Morgan fingerprint density at radius 2 is 1.83 bits per heavy atom. The molecule has 0 aliphatic rings. The Kier molecular flexibility index (Phi) is 5.42. The van der Waals surface area contributed by atoms with Crippen molar-refractivity contribution in [2.45, 2.75) is 26.3 Å². The molecule has 30 heavy (non-hydrogen) atoms. The van der Waals surface area contributed by atoms with Crippen molar-refractivity contribution >= 4 is 28.8 Å². The van der Waals surface area contributed by atoms with Crippen molar-refractivity contribution in [2.75, 3.05) is 4.90 Å². The van der Waals surface area contributed by atoms with Crippen LogP contribution in [0.2, 0.25) is 5.02 Å². The zero-order valence-electron chi connectivity index (χ0n) is 16.7. The molecule has 0 spiro atoms. The van der Waals surface area contributed by atoms with Crippen molar-refractivity contribution in [1.82, 2.24) is 14.6 Å². The monoisotopic (exact) mass is 420 g/mol. The third kappa shape index (κ3) is 3.74. The number of hydrogen-bond donors (Lipinski definition) is 1. The van der Waals surface area contributed by atoms with Gasteiger partial charge in [-0.15, -0.1) is 0 Å². The Bertz CT molecular complexity index is 1250. The molecular formula is C23H21ClN4O2. The van der Waals surface area contributed by atoms with E-state index in [4.69, 9.17) is 11.6 Å². The van der Waals surface area contributed by atoms with Crippen LogP contribution in [0.15, 0.2) is 71.7 Å². The second-order valence-corrected chi connectivity index (χ2v) is 7.58. The summed E-state index contributed by atoms with van der Waals surface area (Å²) in [5.41, 5.74) is 2.91. The number of aromatic amines is 1. The average molecular weight is 421 g/mol. The summed E-state index contributed by atoms with van der Waals surface area (Å²) in [5.74, 6) is -0.183. The number of fused-ring (bicyclic) bond motifs is 1. The van der Waals surface area contributed by atoms with Gasteiger partial charge in [-0.3, -0.25) is 14.7 Å². The Morgan fingerprint density at radius 3 is 2.53 bits per heavy atom. The molecule has 0 unspecified atom stereocenters. The number of aryl methyl sites for hydroxylation is 1. The minimum Gasteiger partial charge on any atom is -0.305 e. The van der Waals surface area contributed by atoms with Crippen LogP contribution in [0.1, 0.15) is 29.8 Å². The highest BCUT2D eigenvalue weighted by Crippen LogP contribution is 2.28. The molecule has 0 radical (unpaired) electrons. The van der Waals surface area contributed by atoms with Crippen LogP contribution >= 0.6 is 11.6 Å². The first-order chi connectivity index (χ1) is 14.5. The van der Waals surface area contributed by atoms with Gasteiger partial charge in [0.15, 0.2) is 5.65 Å². The van der Waals surface area contributed by atoms with Gasteiger partial charge in [-0.1, -0.05) is 41.9 Å². The Labute approximate surface area is 178 Å². The van der Waals surface area contributed by atoms with Crippen LogP contribution in [-0.2, 0) is 11.2 Å². The maximum atomic E-state index is 13.5. The molecule has 1 amide bonds. The summed E-state index contributed by atoms with van der Waals surface area (Å²) in [5, 5.41) is 3.48. The molecule has 2 heterocycles. The van der Waals surface area contributed by atoms with Crippen LogP contribution in [0, 0.1) is 6.92 Å². The van der Waals surface area contributed by atoms with Crippen LogP contribution in [0.4, 0.5) is 5.69 Å². The van der Waals surface area contributed by atoms with Crippen LogP contribution < -0.4 is 10.5 Å². The first-order valence-electron chi connectivity index (χ1n) is 9.64. The normalized spacial score (nSPS) is 12.1. The van der Waals surface area contributed by atoms with E-state index in [0.29, 0.717) is 21.9 Å². The molecule has 7 heteroatoms. The van der Waals surface area contributed by atoms with Crippen LogP contribution in [0.3, 0.4) is 0 Å². The standard InChI is InChI=1S/C23H21ClN4O2/c1-15-20(23(30)28-21(26-15)12-13-25-28)14-22(29)27(19-6-4-3-5-7-19)16(2)17-8-10-18(24)11-9-17/h3-13,16,25H,14H2,1-2H3/t16-/m0/s1. The molecule has 0 fully saturated rings. The fraction of sp³-hybridized carbons (Fsp3) is 0.174. The van der Waals surface area contributed by atoms with Gasteiger partial charge >= 0.3 is 0 Å². The Hall–Kier alpha value is -3.38. The fourth-order valence-electron chi connectivity index (χ4n) is 3.61. The Balaban J connectivity index is 1.73. The largest absolute Gasteiger partial charge is 0.305 e. The quantitative estimate of drug-likeness (QED) is 0.522. The number of para-hydroxylation sites is 1. The first-order valence-corrected chi connectivity index (χ1v) is 10.0. The van der Waals surface area contributed by atoms with Gasteiger partial charge in [0.05, 0.1) is 12.5 Å². The molecule has 0 saturated carbocycles. The lowest BCUT2D eigenvalue weighted by atomic mass is 10.0. The van der Waals surface area contributed by atoms with Gasteiger partial charge in [0.1, 0.15) is 0 Å². The van der Waals surface area contributed by atoms with E-state index in [1.54, 1.807) is 36.2 Å². The maximum Gasteiger partial charge on any atom is 0.276 e. The molecule has 0 aliphatic heterocycles. The van der Waals surface area contributed by atoms with Crippen LogP contribution in [0.5, 0.6) is 0 Å². The maximum absolute atomic E-state index is 13.5. The van der Waals surface area contributed by atoms with Crippen molar-refractivity contribution in [3.8, 4) is 0 Å². The van der Waals surface area contributed by atoms with Crippen molar-refractivity contribution in [2.24, 2.45) is 0 Å². The number of hydrogen-bond acceptors (Lipinski definition) is 3. The lowest BCUT2D eigenvalue weighted by Crippen LogP contribution is -2.37. The fourth-order valence-corrected chi connectivity index (χ4v) is 3.73. The van der Waals surface area contributed by atoms with E-state index in [1.165, 1.54) is 4.52 Å². The summed E-state index contributed by atoms with van der Waals surface area (Å²) in [6.07, 6.45) is 1.60. The van der Waals surface area contributed by atoms with Crippen molar-refractivity contribution < 1.29 is 4.79 Å². The number of aromatic nitrogens is 3. The summed E-state index contributed by atoms with van der Waals surface area (Å²) in [7, 11) is 0. The van der Waals surface area contributed by atoms with E-state index in [9.17, 15) is 9.59 Å². The third-order valence-corrected chi connectivity index (χ3v) is 5.47. The Morgan fingerprint density at radius 1 is 1.13 bits per heavy atom. The third-order valence-electron chi connectivity index (χ3n) is 5.22. The van der Waals surface area contributed by atoms with Crippen molar-refractivity contribution in [3.05, 3.63) is 99.1 Å². The van der Waals surface area contributed by atoms with Gasteiger partial charge in [-0.2, -0.15) is 0 Å². The van der Waals surface area contributed by atoms with E-state index in [1.807, 2.05) is 49.4 Å². The highest BCUT2D eigenvalue weighted by atomic mass is 35.5. The highest BCUT2D eigenvalue weighted by Gasteiger charge is 2.25. The van der Waals surface area contributed by atoms with E-state index >= 15 is 0 Å². The molecule has 4 aromatic rings. The molecule has 1 N–H and O–H groups in total. The number of nitrogens with one attached hydrogen (secondary N) is 1. The number of nitrogens with zero attached hydrogens (tertiary/aromatic N) is 3. The van der Waals surface area contributed by atoms with Crippen LogP contribution in [0.25, 0.3) is 5.65 Å². The minimum atomic E-state index is -0.261. The average Bonchev–Trinajstić information content (AvgIpc) is 3.21. The first kappa shape index (κ1) is 19.9. The zero-order valence-corrected chi connectivity index (χ0v) is 17.4. The highest BCUT2D eigenvalue weighted by molar-refractivity contribution is 6.30. The van der Waals surface area contributed by atoms with Gasteiger partial charge in [-0.05, 0) is 43.7 Å². The summed E-state index contributed by atoms with van der Waals surface area (Å²) in [4.78, 5) is 32.5. The molecule has 2 aromatic heterocycles. The zero-order chi connectivity index (χ0) is 21.3. The smallest absolute Gasteiger partial charge is 0.276 e. The predicted molar refractivity (Wildman–Crippen MR) is 118 cm³/mol. The van der Waals surface area contributed by atoms with Gasteiger partial charge in [0.2, 0.25) is 5.91 Å². The number of benzene rings is 2. The molecule has 0 aliphatic carbocycles. The second-order valence-electron chi connectivity index (χ2n) is 7.14. The summed E-state index contributed by atoms with van der Waals surface area (Å²) >= 11 is 6.03. The topological polar surface area (TPSA) is 70.5 Å². The molecule has 1 atom stereocenters. The number of amides is 1. The van der Waals surface area contributed by atoms with Crippen molar-refractivity contribution in [1.29, 1.82) is 0 Å². The number of carbonyl (C=O) groups is 1. The molecule has 4 rings (SSSR count). The summed E-state index contributed by atoms with van der Waals surface area (Å²) in [6.45, 7) is 3.72. The number of rotatable bonds is 5. The molecule has 0 saturated heterocycles. The molecule has 0 bridgehead atoms. The van der Waals surface area contributed by atoms with Gasteiger partial charge in [0, 0.05) is 34.2 Å². The van der Waals surface area contributed by atoms with Crippen LogP contribution in [-0.4, -0.2) is 20.5 Å². The SMILES string of the molecule is Cc1nc2cc[nH]n2c(=O)c1CC(=O)N(c1ccccc1)[C@@H](C)c1ccc(Cl)cc1. The summed E-state index contributed by atoms with van der Waals surface area (Å²) in [6, 6.07) is 18.3. The van der Waals surface area contributed by atoms with Crippen molar-refractivity contribution in [3.63, 3.8) is 0 Å². The van der Waals surface area contributed by atoms with E-state index in [0.717, 1.165) is 11.3 Å². The lowest BCUT2D eigenvalue weighted by molar-refractivity contribution is -0.118. The predicted octanol–water partition coefficient (Wildman–Crippen LogP) is 4.32. The van der Waals surface area contributed by atoms with E-state index in [-0.39, 0.29) is 23.9 Å². The summed E-state index contributed by atoms with van der Waals surface area (Å²) < 4.78 is 1.35. The lowest BCUT2D eigenvalue weighted by Gasteiger charge is -2.30. The molecule has 2 aromatic carbocycles. The number of anilines is 1. The second kappa shape index (κ2) is 8.16. The molecule has 6 nitrogen and oxygen atoms in total. The number of H-pyrrole nitrogens is 1. The van der Waals surface area contributed by atoms with E-state index < -0.39 is 0 Å². The minimum absolute atomic E-state index is 0.0492. The van der Waals surface area contributed by atoms with E-state index in [2.05, 4.69) is 10.1 Å². The van der Waals surface area contributed by atoms with Gasteiger partial charge in [0.25, 0.3) is 5.56 Å². The van der Waals surface area contributed by atoms with Gasteiger partial charge < -0.3 is 4.90 Å². The number of carbonyl (C=O) groups excluding carboxylic acids is 1. The van der Waals surface area contributed by atoms with Gasteiger partial charge in [-0.25, -0.2) is 9.50 Å².